The molecule has 8 nitrogen and oxygen atoms in total. The molecule has 34 heavy (non-hydrogen) atoms. The van der Waals surface area contributed by atoms with E-state index in [0.717, 1.165) is 30.1 Å². The van der Waals surface area contributed by atoms with Crippen LogP contribution in [0.2, 0.25) is 0 Å². The highest BCUT2D eigenvalue weighted by molar-refractivity contribution is 5.89. The van der Waals surface area contributed by atoms with Gasteiger partial charge in [-0.15, -0.1) is 0 Å². The number of amides is 3. The first-order valence-electron chi connectivity index (χ1n) is 12.0. The Morgan fingerprint density at radius 3 is 2.32 bits per heavy atom. The summed E-state index contributed by atoms with van der Waals surface area (Å²) in [6.45, 7) is 4.75. The van der Waals surface area contributed by atoms with Crippen molar-refractivity contribution in [3.63, 3.8) is 0 Å². The molecule has 0 bridgehead atoms. The van der Waals surface area contributed by atoms with Crippen LogP contribution in [-0.4, -0.2) is 74.8 Å². The molecule has 0 aromatic heterocycles. The number of para-hydroxylation sites is 1. The predicted octanol–water partition coefficient (Wildman–Crippen LogP) is 3.13. The molecule has 3 amide bonds. The minimum absolute atomic E-state index is 0.0647. The number of ether oxygens (including phenoxy) is 2. The molecular weight excluding hydrogens is 432 g/mol. The Morgan fingerprint density at radius 1 is 1.00 bits per heavy atom. The van der Waals surface area contributed by atoms with Gasteiger partial charge in [-0.25, -0.2) is 4.79 Å². The van der Waals surface area contributed by atoms with E-state index in [4.69, 9.17) is 9.47 Å². The molecule has 182 valence electrons. The van der Waals surface area contributed by atoms with Crippen LogP contribution in [0.4, 0.5) is 10.5 Å². The lowest BCUT2D eigenvalue weighted by molar-refractivity contribution is -0.126. The van der Waals surface area contributed by atoms with Gasteiger partial charge < -0.3 is 25.0 Å². The molecule has 0 spiro atoms. The number of anilines is 1. The van der Waals surface area contributed by atoms with E-state index in [1.807, 2.05) is 42.5 Å². The first-order chi connectivity index (χ1) is 16.6. The SMILES string of the molecule is COc1ccc(C(CNC(=O)C2CCN(C(=O)Nc3ccccc3)CC2)N2CCOCC2)cc1. The smallest absolute Gasteiger partial charge is 0.321 e. The van der Waals surface area contributed by atoms with E-state index in [2.05, 4.69) is 27.7 Å². The fourth-order valence-corrected chi connectivity index (χ4v) is 4.58. The van der Waals surface area contributed by atoms with Crippen molar-refractivity contribution in [2.24, 2.45) is 5.92 Å². The van der Waals surface area contributed by atoms with Gasteiger partial charge in [-0.3, -0.25) is 9.69 Å². The molecule has 2 saturated heterocycles. The summed E-state index contributed by atoms with van der Waals surface area (Å²) in [4.78, 5) is 29.7. The monoisotopic (exact) mass is 466 g/mol. The maximum Gasteiger partial charge on any atom is 0.321 e. The third kappa shape index (κ3) is 6.27. The molecule has 2 aromatic carbocycles. The maximum atomic E-state index is 13.0. The van der Waals surface area contributed by atoms with Gasteiger partial charge in [0.2, 0.25) is 5.91 Å². The van der Waals surface area contributed by atoms with Gasteiger partial charge in [0.15, 0.2) is 0 Å². The number of morpholine rings is 1. The molecule has 2 aromatic rings. The van der Waals surface area contributed by atoms with E-state index in [1.165, 1.54) is 0 Å². The summed E-state index contributed by atoms with van der Waals surface area (Å²) in [6.07, 6.45) is 1.33. The molecule has 1 unspecified atom stereocenters. The molecule has 2 heterocycles. The average Bonchev–Trinajstić information content (AvgIpc) is 2.90. The number of hydrogen-bond donors (Lipinski definition) is 2. The molecule has 2 N–H and O–H groups in total. The van der Waals surface area contributed by atoms with Crippen LogP contribution < -0.4 is 15.4 Å². The Labute approximate surface area is 201 Å². The van der Waals surface area contributed by atoms with E-state index in [-0.39, 0.29) is 23.9 Å². The molecule has 2 aliphatic rings. The Hall–Kier alpha value is -3.10. The van der Waals surface area contributed by atoms with Gasteiger partial charge in [0.05, 0.1) is 26.4 Å². The third-order valence-electron chi connectivity index (χ3n) is 6.63. The number of carbonyl (C=O) groups is 2. The van der Waals surface area contributed by atoms with E-state index >= 15 is 0 Å². The van der Waals surface area contributed by atoms with Crippen molar-refractivity contribution in [3.05, 3.63) is 60.2 Å². The Bertz CT molecular complexity index is 924. The number of nitrogens with zero attached hydrogens (tertiary/aromatic N) is 2. The zero-order valence-corrected chi connectivity index (χ0v) is 19.7. The number of hydrogen-bond acceptors (Lipinski definition) is 5. The van der Waals surface area contributed by atoms with Crippen LogP contribution in [-0.2, 0) is 9.53 Å². The second-order valence-electron chi connectivity index (χ2n) is 8.74. The van der Waals surface area contributed by atoms with Gasteiger partial charge in [-0.1, -0.05) is 30.3 Å². The van der Waals surface area contributed by atoms with Crippen molar-refractivity contribution < 1.29 is 19.1 Å². The minimum Gasteiger partial charge on any atom is -0.497 e. The summed E-state index contributed by atoms with van der Waals surface area (Å²) in [5.41, 5.74) is 1.93. The number of urea groups is 1. The standard InChI is InChI=1S/C26H34N4O4/c1-33-23-9-7-20(8-10-23)24(29-15-17-34-18-16-29)19-27-25(31)21-11-13-30(14-12-21)26(32)28-22-5-3-2-4-6-22/h2-10,21,24H,11-19H2,1H3,(H,27,31)(H,28,32). The highest BCUT2D eigenvalue weighted by Gasteiger charge is 2.29. The van der Waals surface area contributed by atoms with Gasteiger partial charge in [0, 0.05) is 44.3 Å². The molecule has 0 saturated carbocycles. The zero-order valence-electron chi connectivity index (χ0n) is 19.7. The molecule has 8 heteroatoms. The number of likely N-dealkylation sites (tertiary alicyclic amines) is 1. The number of methoxy groups -OCH3 is 1. The molecule has 0 radical (unpaired) electrons. The molecule has 1 atom stereocenters. The first kappa shape index (κ1) is 24.0. The van der Waals surface area contributed by atoms with Crippen molar-refractivity contribution >= 4 is 17.6 Å². The highest BCUT2D eigenvalue weighted by Crippen LogP contribution is 2.25. The lowest BCUT2D eigenvalue weighted by Crippen LogP contribution is -2.47. The number of benzene rings is 2. The average molecular weight is 467 g/mol. The summed E-state index contributed by atoms with van der Waals surface area (Å²) in [6, 6.07) is 17.4. The summed E-state index contributed by atoms with van der Waals surface area (Å²) >= 11 is 0. The summed E-state index contributed by atoms with van der Waals surface area (Å²) in [7, 11) is 1.66. The van der Waals surface area contributed by atoms with E-state index in [9.17, 15) is 9.59 Å². The van der Waals surface area contributed by atoms with Crippen LogP contribution in [0.15, 0.2) is 54.6 Å². The number of carbonyl (C=O) groups excluding carboxylic acids is 2. The predicted molar refractivity (Wildman–Crippen MR) is 131 cm³/mol. The fourth-order valence-electron chi connectivity index (χ4n) is 4.58. The Morgan fingerprint density at radius 2 is 1.68 bits per heavy atom. The third-order valence-corrected chi connectivity index (χ3v) is 6.63. The quantitative estimate of drug-likeness (QED) is 0.655. The van der Waals surface area contributed by atoms with Gasteiger partial charge in [-0.05, 0) is 42.7 Å². The van der Waals surface area contributed by atoms with Crippen molar-refractivity contribution in [3.8, 4) is 5.75 Å². The molecule has 0 aliphatic carbocycles. The lowest BCUT2D eigenvalue weighted by atomic mass is 9.95. The van der Waals surface area contributed by atoms with Gasteiger partial charge >= 0.3 is 6.03 Å². The highest BCUT2D eigenvalue weighted by atomic mass is 16.5. The lowest BCUT2D eigenvalue weighted by Gasteiger charge is -2.36. The van der Waals surface area contributed by atoms with Crippen LogP contribution in [0.25, 0.3) is 0 Å². The largest absolute Gasteiger partial charge is 0.497 e. The number of nitrogens with one attached hydrogen (secondary N) is 2. The van der Waals surface area contributed by atoms with Crippen LogP contribution in [0.3, 0.4) is 0 Å². The van der Waals surface area contributed by atoms with E-state index in [0.29, 0.717) is 45.7 Å². The van der Waals surface area contributed by atoms with Crippen LogP contribution >= 0.6 is 0 Å². The molecule has 4 rings (SSSR count). The number of piperidine rings is 1. The van der Waals surface area contributed by atoms with E-state index < -0.39 is 0 Å². The summed E-state index contributed by atoms with van der Waals surface area (Å²) < 4.78 is 10.8. The van der Waals surface area contributed by atoms with Crippen molar-refractivity contribution in [1.29, 1.82) is 0 Å². The van der Waals surface area contributed by atoms with Gasteiger partial charge in [0.1, 0.15) is 5.75 Å². The number of rotatable bonds is 7. The van der Waals surface area contributed by atoms with Crippen LogP contribution in [0.1, 0.15) is 24.4 Å². The van der Waals surface area contributed by atoms with Crippen molar-refractivity contribution in [2.45, 2.75) is 18.9 Å². The van der Waals surface area contributed by atoms with Gasteiger partial charge in [-0.2, -0.15) is 0 Å². The van der Waals surface area contributed by atoms with Crippen molar-refractivity contribution in [2.75, 3.05) is 58.4 Å². The molecule has 2 fully saturated rings. The Kier molecular flexibility index (Phi) is 8.38. The minimum atomic E-state index is -0.114. The van der Waals surface area contributed by atoms with Crippen molar-refractivity contribution in [1.82, 2.24) is 15.1 Å². The first-order valence-corrected chi connectivity index (χ1v) is 12.0. The van der Waals surface area contributed by atoms with Crippen LogP contribution in [0, 0.1) is 5.92 Å². The second-order valence-corrected chi connectivity index (χ2v) is 8.74. The zero-order chi connectivity index (χ0) is 23.8. The molecule has 2 aliphatic heterocycles. The molecular formula is C26H34N4O4. The Balaban J connectivity index is 1.29. The van der Waals surface area contributed by atoms with E-state index in [1.54, 1.807) is 12.0 Å². The summed E-state index contributed by atoms with van der Waals surface area (Å²) in [5.74, 6) is 0.799. The summed E-state index contributed by atoms with van der Waals surface area (Å²) in [5, 5.41) is 6.11. The maximum absolute atomic E-state index is 13.0. The second kappa shape index (κ2) is 11.9. The van der Waals surface area contributed by atoms with Crippen LogP contribution in [0.5, 0.6) is 5.75 Å². The normalized spacial score (nSPS) is 18.2. The fraction of sp³-hybridized carbons (Fsp3) is 0.462. The topological polar surface area (TPSA) is 83.1 Å². The van der Waals surface area contributed by atoms with Gasteiger partial charge in [0.25, 0.3) is 0 Å².